The van der Waals surface area contributed by atoms with Crippen LogP contribution in [0.5, 0.6) is 5.75 Å². The minimum absolute atomic E-state index is 0.0540. The van der Waals surface area contributed by atoms with E-state index in [1.54, 1.807) is 13.8 Å². The lowest BCUT2D eigenvalue weighted by Gasteiger charge is -2.39. The Morgan fingerprint density at radius 2 is 1.88 bits per heavy atom. The van der Waals surface area contributed by atoms with Gasteiger partial charge in [0.05, 0.1) is 28.3 Å². The Kier molecular flexibility index (Phi) is 4.36. The number of amides is 1. The van der Waals surface area contributed by atoms with Crippen molar-refractivity contribution in [1.82, 2.24) is 0 Å². The number of hydrogen-bond acceptors (Lipinski definition) is 4. The zero-order valence-electron chi connectivity index (χ0n) is 14.2. The number of hydrogen-bond donors (Lipinski definition) is 1. The van der Waals surface area contributed by atoms with Crippen LogP contribution in [0, 0.1) is 5.82 Å². The van der Waals surface area contributed by atoms with Gasteiger partial charge in [-0.2, -0.15) is 0 Å². The van der Waals surface area contributed by atoms with Crippen molar-refractivity contribution in [2.24, 2.45) is 0 Å². The van der Waals surface area contributed by atoms with Gasteiger partial charge in [-0.1, -0.05) is 11.6 Å². The molecule has 0 aliphatic carbocycles. The zero-order valence-corrected chi connectivity index (χ0v) is 15.8. The summed E-state index contributed by atoms with van der Waals surface area (Å²) in [6, 6.07) is 8.55. The molecular weight excluding hydrogens is 383 g/mol. The van der Waals surface area contributed by atoms with Crippen molar-refractivity contribution in [2.45, 2.75) is 19.4 Å². The van der Waals surface area contributed by atoms with Crippen molar-refractivity contribution < 1.29 is 22.3 Å². The SMILES string of the molecule is CC1(C)Oc2cc(NS(C)(=O)=O)ccc2N(c2ccc(Cl)c(F)c2)C1=O. The minimum Gasteiger partial charge on any atom is -0.476 e. The highest BCUT2D eigenvalue weighted by Gasteiger charge is 2.42. The smallest absolute Gasteiger partial charge is 0.275 e. The maximum absolute atomic E-state index is 13.9. The lowest BCUT2D eigenvalue weighted by atomic mass is 10.0. The number of fused-ring (bicyclic) bond motifs is 1. The summed E-state index contributed by atoms with van der Waals surface area (Å²) in [5, 5.41) is -0.0540. The average Bonchev–Trinajstić information content (AvgIpc) is 2.50. The van der Waals surface area contributed by atoms with E-state index < -0.39 is 27.3 Å². The Hall–Kier alpha value is -2.32. The molecule has 0 atom stereocenters. The summed E-state index contributed by atoms with van der Waals surface area (Å²) in [6.45, 7) is 3.16. The molecule has 3 rings (SSSR count). The molecular formula is C17H16ClFN2O4S. The van der Waals surface area contributed by atoms with Crippen LogP contribution < -0.4 is 14.4 Å². The molecule has 26 heavy (non-hydrogen) atoms. The van der Waals surface area contributed by atoms with Gasteiger partial charge in [0.25, 0.3) is 5.91 Å². The Balaban J connectivity index is 2.14. The molecule has 0 bridgehead atoms. The first-order valence-electron chi connectivity index (χ1n) is 7.58. The molecule has 0 spiro atoms. The van der Waals surface area contributed by atoms with Crippen molar-refractivity contribution in [3.63, 3.8) is 0 Å². The highest BCUT2D eigenvalue weighted by molar-refractivity contribution is 7.92. The number of carbonyl (C=O) groups excluding carboxylic acids is 1. The molecule has 1 aliphatic rings. The monoisotopic (exact) mass is 398 g/mol. The molecule has 2 aromatic rings. The Morgan fingerprint density at radius 1 is 1.19 bits per heavy atom. The van der Waals surface area contributed by atoms with Crippen LogP contribution in [-0.4, -0.2) is 26.2 Å². The van der Waals surface area contributed by atoms with E-state index in [4.69, 9.17) is 16.3 Å². The number of sulfonamides is 1. The lowest BCUT2D eigenvalue weighted by molar-refractivity contribution is -0.131. The van der Waals surface area contributed by atoms with E-state index >= 15 is 0 Å². The Labute approximate surface area is 155 Å². The summed E-state index contributed by atoms with van der Waals surface area (Å²) in [4.78, 5) is 14.2. The third kappa shape index (κ3) is 3.47. The summed E-state index contributed by atoms with van der Waals surface area (Å²) in [5.41, 5.74) is -0.278. The topological polar surface area (TPSA) is 75.7 Å². The number of anilines is 3. The summed E-state index contributed by atoms with van der Waals surface area (Å²) >= 11 is 5.73. The molecule has 138 valence electrons. The third-order valence-electron chi connectivity index (χ3n) is 3.75. The van der Waals surface area contributed by atoms with Crippen LogP contribution >= 0.6 is 11.6 Å². The summed E-state index contributed by atoms with van der Waals surface area (Å²) in [7, 11) is -3.47. The predicted molar refractivity (Wildman–Crippen MR) is 98.2 cm³/mol. The molecule has 0 saturated heterocycles. The molecule has 1 amide bonds. The number of benzene rings is 2. The lowest BCUT2D eigenvalue weighted by Crippen LogP contribution is -2.50. The Morgan fingerprint density at radius 3 is 2.50 bits per heavy atom. The van der Waals surface area contributed by atoms with Crippen molar-refractivity contribution in [3.05, 3.63) is 47.2 Å². The number of carbonyl (C=O) groups is 1. The molecule has 0 radical (unpaired) electrons. The number of nitrogens with one attached hydrogen (secondary N) is 1. The average molecular weight is 399 g/mol. The fraction of sp³-hybridized carbons (Fsp3) is 0.235. The molecule has 1 heterocycles. The molecule has 0 aromatic heterocycles. The van der Waals surface area contributed by atoms with Gasteiger partial charge in [0.15, 0.2) is 5.60 Å². The van der Waals surface area contributed by atoms with Crippen molar-refractivity contribution >= 4 is 44.6 Å². The van der Waals surface area contributed by atoms with Gasteiger partial charge in [-0.15, -0.1) is 0 Å². The Bertz CT molecular complexity index is 1010. The second-order valence-corrected chi connectivity index (χ2v) is 8.56. The first-order valence-corrected chi connectivity index (χ1v) is 9.85. The fourth-order valence-electron chi connectivity index (χ4n) is 2.64. The van der Waals surface area contributed by atoms with Crippen LogP contribution in [0.4, 0.5) is 21.5 Å². The summed E-state index contributed by atoms with van der Waals surface area (Å²) in [6.07, 6.45) is 1.03. The van der Waals surface area contributed by atoms with Crippen LogP contribution in [0.15, 0.2) is 36.4 Å². The number of ether oxygens (including phenoxy) is 1. The van der Waals surface area contributed by atoms with E-state index in [0.717, 1.165) is 12.3 Å². The number of nitrogens with zero attached hydrogens (tertiary/aromatic N) is 1. The van der Waals surface area contributed by atoms with Gasteiger partial charge in [-0.05, 0) is 44.2 Å². The fourth-order valence-corrected chi connectivity index (χ4v) is 3.31. The van der Waals surface area contributed by atoms with Crippen LogP contribution in [0.1, 0.15) is 13.8 Å². The van der Waals surface area contributed by atoms with Crippen LogP contribution in [-0.2, 0) is 14.8 Å². The highest BCUT2D eigenvalue weighted by Crippen LogP contribution is 2.43. The van der Waals surface area contributed by atoms with Gasteiger partial charge in [0, 0.05) is 6.07 Å². The van der Waals surface area contributed by atoms with Gasteiger partial charge < -0.3 is 4.74 Å². The second-order valence-electron chi connectivity index (χ2n) is 6.41. The van der Waals surface area contributed by atoms with E-state index in [2.05, 4.69) is 4.72 Å². The first kappa shape index (κ1) is 18.5. The van der Waals surface area contributed by atoms with Crippen LogP contribution in [0.25, 0.3) is 0 Å². The molecule has 1 N–H and O–H groups in total. The predicted octanol–water partition coefficient (Wildman–Crippen LogP) is 3.69. The van der Waals surface area contributed by atoms with Crippen molar-refractivity contribution in [2.75, 3.05) is 15.9 Å². The van der Waals surface area contributed by atoms with Crippen molar-refractivity contribution in [3.8, 4) is 5.75 Å². The number of halogens is 2. The molecule has 0 saturated carbocycles. The quantitative estimate of drug-likeness (QED) is 0.855. The molecule has 6 nitrogen and oxygen atoms in total. The summed E-state index contributed by atoms with van der Waals surface area (Å²) < 4.78 is 44.9. The van der Waals surface area contributed by atoms with Gasteiger partial charge in [-0.3, -0.25) is 14.4 Å². The molecule has 0 unspecified atom stereocenters. The van der Waals surface area contributed by atoms with E-state index in [0.29, 0.717) is 22.8 Å². The molecule has 2 aromatic carbocycles. The van der Waals surface area contributed by atoms with Gasteiger partial charge in [0.2, 0.25) is 10.0 Å². The first-order chi connectivity index (χ1) is 12.0. The minimum atomic E-state index is -3.47. The maximum atomic E-state index is 13.9. The van der Waals surface area contributed by atoms with Gasteiger partial charge in [0.1, 0.15) is 11.6 Å². The van der Waals surface area contributed by atoms with Crippen molar-refractivity contribution in [1.29, 1.82) is 0 Å². The van der Waals surface area contributed by atoms with E-state index in [1.165, 1.54) is 35.2 Å². The van der Waals surface area contributed by atoms with Crippen LogP contribution in [0.2, 0.25) is 5.02 Å². The molecule has 0 fully saturated rings. The molecule has 9 heteroatoms. The van der Waals surface area contributed by atoms with E-state index in [-0.39, 0.29) is 5.02 Å². The summed E-state index contributed by atoms with van der Waals surface area (Å²) in [5.74, 6) is -0.757. The van der Waals surface area contributed by atoms with E-state index in [1.807, 2.05) is 0 Å². The van der Waals surface area contributed by atoms with Crippen LogP contribution in [0.3, 0.4) is 0 Å². The largest absolute Gasteiger partial charge is 0.476 e. The highest BCUT2D eigenvalue weighted by atomic mass is 35.5. The molecule has 1 aliphatic heterocycles. The standard InChI is InChI=1S/C17H16ClFN2O4S/c1-17(2)16(22)21(11-5-6-12(18)13(19)9-11)14-7-4-10(8-15(14)25-17)20-26(3,23)24/h4-9,20H,1-3H3. The number of rotatable bonds is 3. The zero-order chi connectivity index (χ0) is 19.3. The normalized spacial score (nSPS) is 16.0. The second kappa shape index (κ2) is 6.14. The maximum Gasteiger partial charge on any atom is 0.275 e. The van der Waals surface area contributed by atoms with E-state index in [9.17, 15) is 17.6 Å². The van der Waals surface area contributed by atoms with Gasteiger partial charge in [-0.25, -0.2) is 12.8 Å². The third-order valence-corrected chi connectivity index (χ3v) is 4.66. The van der Waals surface area contributed by atoms with Gasteiger partial charge >= 0.3 is 0 Å².